The zero-order valence-corrected chi connectivity index (χ0v) is 15.7. The van der Waals surface area contributed by atoms with Crippen molar-refractivity contribution in [3.63, 3.8) is 0 Å². The van der Waals surface area contributed by atoms with Crippen molar-refractivity contribution in [1.29, 1.82) is 0 Å². The van der Waals surface area contributed by atoms with Crippen molar-refractivity contribution in [2.75, 3.05) is 6.61 Å². The topological polar surface area (TPSA) is 126 Å². The van der Waals surface area contributed by atoms with Crippen LogP contribution in [0.3, 0.4) is 0 Å². The molecule has 1 fully saturated rings. The van der Waals surface area contributed by atoms with Gasteiger partial charge < -0.3 is 19.3 Å². The van der Waals surface area contributed by atoms with Crippen LogP contribution in [0.15, 0.2) is 12.7 Å². The number of aliphatic hydroxyl groups excluding tert-OH is 1. The molecule has 0 radical (unpaired) electrons. The Hall–Kier alpha value is -2.30. The number of hydrogen-bond acceptors (Lipinski definition) is 9. The van der Waals surface area contributed by atoms with Gasteiger partial charge in [0.1, 0.15) is 36.8 Å². The first-order valence-electron chi connectivity index (χ1n) is 8.26. The summed E-state index contributed by atoms with van der Waals surface area (Å²) in [4.78, 5) is 34.8. The second-order valence-electron chi connectivity index (χ2n) is 6.28. The minimum absolute atomic E-state index is 0.136. The predicted octanol–water partition coefficient (Wildman–Crippen LogP) is 0.869. The van der Waals surface area contributed by atoms with E-state index < -0.39 is 42.4 Å². The molecule has 1 aliphatic heterocycles. The molecule has 1 N–H and O–H groups in total. The Kier molecular flexibility index (Phi) is 5.59. The van der Waals surface area contributed by atoms with Crippen LogP contribution < -0.4 is 0 Å². The van der Waals surface area contributed by atoms with Gasteiger partial charge in [0.2, 0.25) is 0 Å². The molecular weight excluding hydrogens is 380 g/mol. The maximum absolute atomic E-state index is 11.5. The van der Waals surface area contributed by atoms with Gasteiger partial charge in [0.25, 0.3) is 0 Å². The largest absolute Gasteiger partial charge is 0.463 e. The number of esters is 2. The number of fused-ring (bicyclic) bond motifs is 1. The quantitative estimate of drug-likeness (QED) is 0.589. The lowest BCUT2D eigenvalue weighted by Crippen LogP contribution is -2.54. The van der Waals surface area contributed by atoms with Crippen LogP contribution in [-0.4, -0.2) is 61.5 Å². The third kappa shape index (κ3) is 3.87. The average molecular weight is 399 g/mol. The Bertz CT molecular complexity index is 859. The van der Waals surface area contributed by atoms with Gasteiger partial charge >= 0.3 is 11.9 Å². The van der Waals surface area contributed by atoms with E-state index in [2.05, 4.69) is 15.0 Å². The van der Waals surface area contributed by atoms with Crippen LogP contribution in [0.4, 0.5) is 0 Å². The summed E-state index contributed by atoms with van der Waals surface area (Å²) < 4.78 is 17.8. The van der Waals surface area contributed by atoms with Crippen LogP contribution in [0, 0.1) is 5.92 Å². The minimum atomic E-state index is -1.05. The zero-order valence-electron chi connectivity index (χ0n) is 14.9. The number of aliphatic hydroxyl groups is 1. The lowest BCUT2D eigenvalue weighted by Gasteiger charge is -2.43. The molecule has 3 heterocycles. The van der Waals surface area contributed by atoms with Crippen LogP contribution in [-0.2, 0) is 23.8 Å². The molecule has 0 spiro atoms. The molecule has 0 aromatic carbocycles. The van der Waals surface area contributed by atoms with E-state index in [4.69, 9.17) is 25.8 Å². The summed E-state index contributed by atoms with van der Waals surface area (Å²) in [5.41, 5.74) is 0.740. The Morgan fingerprint density at radius 1 is 1.30 bits per heavy atom. The van der Waals surface area contributed by atoms with E-state index in [1.807, 2.05) is 0 Å². The number of ether oxygens (including phenoxy) is 3. The van der Waals surface area contributed by atoms with Crippen LogP contribution in [0.25, 0.3) is 11.2 Å². The molecule has 0 amide bonds. The molecular formula is C16H19ClN4O6. The monoisotopic (exact) mass is 398 g/mol. The highest BCUT2D eigenvalue weighted by atomic mass is 35.5. The number of nitrogens with zero attached hydrogens (tertiary/aromatic N) is 4. The van der Waals surface area contributed by atoms with Gasteiger partial charge in [-0.05, 0) is 0 Å². The molecule has 2 aromatic heterocycles. The molecule has 146 valence electrons. The lowest BCUT2D eigenvalue weighted by molar-refractivity contribution is -0.240. The normalized spacial score (nSPS) is 28.1. The van der Waals surface area contributed by atoms with E-state index in [1.165, 1.54) is 31.1 Å². The standard InChI is InChI=1S/C16H19ClN4O6/c1-7-12(24)16(21-6-20-11-14(17)18-5-19-15(11)21)27-10(4-25-8(2)22)13(7)26-9(3)23/h5-7,10,12-13,16,24H,4H2,1-3H3/t7?,10-,12?,13?,16-/m1/s1. The predicted molar refractivity (Wildman–Crippen MR) is 91.6 cm³/mol. The Balaban J connectivity index is 1.94. The second kappa shape index (κ2) is 7.75. The molecule has 10 nitrogen and oxygen atoms in total. The minimum Gasteiger partial charge on any atom is -0.463 e. The Morgan fingerprint density at radius 3 is 2.70 bits per heavy atom. The molecule has 5 atom stereocenters. The third-order valence-corrected chi connectivity index (χ3v) is 4.65. The molecule has 0 bridgehead atoms. The molecule has 11 heteroatoms. The van der Waals surface area contributed by atoms with Crippen LogP contribution in [0.1, 0.15) is 27.0 Å². The summed E-state index contributed by atoms with van der Waals surface area (Å²) in [5, 5.41) is 10.9. The molecule has 2 aromatic rings. The molecule has 1 aliphatic rings. The summed E-state index contributed by atoms with van der Waals surface area (Å²) in [7, 11) is 0. The van der Waals surface area contributed by atoms with Crippen molar-refractivity contribution < 1.29 is 28.9 Å². The number of hydrogen-bond donors (Lipinski definition) is 1. The number of carbonyl (C=O) groups excluding carboxylic acids is 2. The van der Waals surface area contributed by atoms with E-state index in [9.17, 15) is 14.7 Å². The maximum atomic E-state index is 11.5. The van der Waals surface area contributed by atoms with Crippen molar-refractivity contribution in [2.45, 2.75) is 45.3 Å². The molecule has 0 aliphatic carbocycles. The van der Waals surface area contributed by atoms with Crippen LogP contribution >= 0.6 is 11.6 Å². The van der Waals surface area contributed by atoms with E-state index in [1.54, 1.807) is 6.92 Å². The van der Waals surface area contributed by atoms with Gasteiger partial charge in [0.15, 0.2) is 17.0 Å². The summed E-state index contributed by atoms with van der Waals surface area (Å²) in [6, 6.07) is 0. The Morgan fingerprint density at radius 2 is 2.04 bits per heavy atom. The second-order valence-corrected chi connectivity index (χ2v) is 6.64. The summed E-state index contributed by atoms with van der Waals surface area (Å²) in [5.74, 6) is -1.53. The average Bonchev–Trinajstić information content (AvgIpc) is 3.03. The fourth-order valence-corrected chi connectivity index (χ4v) is 3.25. The number of aromatic nitrogens is 4. The van der Waals surface area contributed by atoms with Gasteiger partial charge in [-0.25, -0.2) is 15.0 Å². The van der Waals surface area contributed by atoms with E-state index in [0.717, 1.165) is 0 Å². The van der Waals surface area contributed by atoms with Gasteiger partial charge in [-0.15, -0.1) is 0 Å². The summed E-state index contributed by atoms with van der Waals surface area (Å²) >= 11 is 6.02. The fraction of sp³-hybridized carbons (Fsp3) is 0.562. The number of imidazole rings is 1. The molecule has 1 saturated heterocycles. The van der Waals surface area contributed by atoms with Gasteiger partial charge in [0, 0.05) is 19.8 Å². The van der Waals surface area contributed by atoms with Gasteiger partial charge in [0.05, 0.1) is 6.33 Å². The Labute approximate surface area is 159 Å². The van der Waals surface area contributed by atoms with E-state index >= 15 is 0 Å². The number of rotatable bonds is 4. The lowest BCUT2D eigenvalue weighted by atomic mass is 9.89. The van der Waals surface area contributed by atoms with Crippen molar-refractivity contribution >= 4 is 34.7 Å². The summed E-state index contributed by atoms with van der Waals surface area (Å²) in [6.07, 6.45) is -0.810. The number of carbonyl (C=O) groups is 2. The van der Waals surface area contributed by atoms with Crippen molar-refractivity contribution in [3.8, 4) is 0 Å². The maximum Gasteiger partial charge on any atom is 0.303 e. The van der Waals surface area contributed by atoms with Gasteiger partial charge in [-0.2, -0.15) is 0 Å². The first kappa shape index (κ1) is 19.5. The fourth-order valence-electron chi connectivity index (χ4n) is 3.08. The first-order chi connectivity index (χ1) is 12.8. The summed E-state index contributed by atoms with van der Waals surface area (Å²) in [6.45, 7) is 4.11. The highest BCUT2D eigenvalue weighted by molar-refractivity contribution is 6.33. The molecule has 27 heavy (non-hydrogen) atoms. The zero-order chi connectivity index (χ0) is 19.7. The smallest absolute Gasteiger partial charge is 0.303 e. The van der Waals surface area contributed by atoms with Crippen LogP contribution in [0.5, 0.6) is 0 Å². The van der Waals surface area contributed by atoms with Crippen molar-refractivity contribution in [1.82, 2.24) is 19.5 Å². The van der Waals surface area contributed by atoms with Crippen LogP contribution in [0.2, 0.25) is 5.15 Å². The van der Waals surface area contributed by atoms with Crippen molar-refractivity contribution in [2.24, 2.45) is 5.92 Å². The molecule has 3 unspecified atom stereocenters. The van der Waals surface area contributed by atoms with E-state index in [-0.39, 0.29) is 11.8 Å². The third-order valence-electron chi connectivity index (χ3n) is 4.37. The first-order valence-corrected chi connectivity index (χ1v) is 8.64. The van der Waals surface area contributed by atoms with E-state index in [0.29, 0.717) is 11.2 Å². The number of halogens is 1. The van der Waals surface area contributed by atoms with Gasteiger partial charge in [-0.3, -0.25) is 14.2 Å². The molecule has 3 rings (SSSR count). The van der Waals surface area contributed by atoms with Gasteiger partial charge in [-0.1, -0.05) is 18.5 Å². The van der Waals surface area contributed by atoms with Crippen molar-refractivity contribution in [3.05, 3.63) is 17.8 Å². The molecule has 0 saturated carbocycles. The highest BCUT2D eigenvalue weighted by Crippen LogP contribution is 2.35. The highest BCUT2D eigenvalue weighted by Gasteiger charge is 2.46. The SMILES string of the molecule is CC(=O)OC[C@H]1O[C@@H](n2cnc3c(Cl)ncnc32)C(O)C(C)C1OC(C)=O.